The maximum absolute atomic E-state index is 12.9. The van der Waals surface area contributed by atoms with Crippen molar-refractivity contribution in [1.29, 1.82) is 0 Å². The quantitative estimate of drug-likeness (QED) is 0.811. The van der Waals surface area contributed by atoms with Crippen molar-refractivity contribution in [3.05, 3.63) is 59.2 Å². The molecule has 2 aromatic carbocycles. The third-order valence-corrected chi connectivity index (χ3v) is 5.07. The molecule has 0 aromatic heterocycles. The number of nitrogens with zero attached hydrogens (tertiary/aromatic N) is 1. The number of aryl methyl sites for hydroxylation is 2. The molecule has 1 fully saturated rings. The normalized spacial score (nSPS) is 14.6. The first-order valence-electron chi connectivity index (χ1n) is 9.92. The van der Waals surface area contributed by atoms with Gasteiger partial charge in [0.25, 0.3) is 11.8 Å². The van der Waals surface area contributed by atoms with Crippen LogP contribution in [0.2, 0.25) is 0 Å². The van der Waals surface area contributed by atoms with Gasteiger partial charge in [0, 0.05) is 13.1 Å². The minimum atomic E-state index is -0.628. The summed E-state index contributed by atoms with van der Waals surface area (Å²) in [6.45, 7) is 7.45. The SMILES string of the molecule is CC[C@@H](Oc1ccc(C)cc1C)C(=O)Nc1ccccc1C(=O)N1CCCC1. The molecule has 5 nitrogen and oxygen atoms in total. The van der Waals surface area contributed by atoms with Gasteiger partial charge >= 0.3 is 0 Å². The average molecular weight is 380 g/mol. The van der Waals surface area contributed by atoms with Crippen molar-refractivity contribution in [2.75, 3.05) is 18.4 Å². The molecule has 1 aliphatic rings. The van der Waals surface area contributed by atoms with E-state index in [0.29, 0.717) is 23.4 Å². The second-order valence-electron chi connectivity index (χ2n) is 7.32. The third kappa shape index (κ3) is 4.53. The van der Waals surface area contributed by atoms with Crippen LogP contribution in [0.25, 0.3) is 0 Å². The van der Waals surface area contributed by atoms with Crippen LogP contribution in [0.1, 0.15) is 47.7 Å². The molecule has 1 heterocycles. The minimum Gasteiger partial charge on any atom is -0.480 e. The molecule has 28 heavy (non-hydrogen) atoms. The summed E-state index contributed by atoms with van der Waals surface area (Å²) < 4.78 is 5.98. The summed E-state index contributed by atoms with van der Waals surface area (Å²) in [5.41, 5.74) is 3.21. The number of hydrogen-bond acceptors (Lipinski definition) is 3. The summed E-state index contributed by atoms with van der Waals surface area (Å²) in [4.78, 5) is 27.5. The predicted molar refractivity (Wildman–Crippen MR) is 111 cm³/mol. The van der Waals surface area contributed by atoms with Gasteiger partial charge in [0.15, 0.2) is 6.10 Å². The molecule has 2 amide bonds. The lowest BCUT2D eigenvalue weighted by atomic mass is 10.1. The number of carbonyl (C=O) groups is 2. The zero-order valence-electron chi connectivity index (χ0n) is 16.8. The van der Waals surface area contributed by atoms with E-state index in [-0.39, 0.29) is 11.8 Å². The molecular formula is C23H28N2O3. The van der Waals surface area contributed by atoms with Crippen LogP contribution in [0, 0.1) is 13.8 Å². The summed E-state index contributed by atoms with van der Waals surface area (Å²) >= 11 is 0. The van der Waals surface area contributed by atoms with Crippen LogP contribution < -0.4 is 10.1 Å². The Kier molecular flexibility index (Phi) is 6.34. The average Bonchev–Trinajstić information content (AvgIpc) is 3.22. The van der Waals surface area contributed by atoms with Crippen LogP contribution in [0.5, 0.6) is 5.75 Å². The number of para-hydroxylation sites is 1. The van der Waals surface area contributed by atoms with Gasteiger partial charge in [0.2, 0.25) is 0 Å². The van der Waals surface area contributed by atoms with Crippen molar-refractivity contribution in [2.45, 2.75) is 46.1 Å². The number of likely N-dealkylation sites (tertiary alicyclic amines) is 1. The van der Waals surface area contributed by atoms with Crippen molar-refractivity contribution < 1.29 is 14.3 Å². The molecule has 0 spiro atoms. The van der Waals surface area contributed by atoms with Gasteiger partial charge in [-0.3, -0.25) is 9.59 Å². The summed E-state index contributed by atoms with van der Waals surface area (Å²) in [6.07, 6.45) is 1.96. The summed E-state index contributed by atoms with van der Waals surface area (Å²) in [6, 6.07) is 13.1. The molecular weight excluding hydrogens is 352 g/mol. The topological polar surface area (TPSA) is 58.6 Å². The molecule has 3 rings (SSSR count). The lowest BCUT2D eigenvalue weighted by molar-refractivity contribution is -0.122. The smallest absolute Gasteiger partial charge is 0.265 e. The first kappa shape index (κ1) is 19.9. The Labute approximate surface area is 166 Å². The molecule has 1 N–H and O–H groups in total. The largest absolute Gasteiger partial charge is 0.480 e. The van der Waals surface area contributed by atoms with Gasteiger partial charge in [0.05, 0.1) is 11.3 Å². The van der Waals surface area contributed by atoms with E-state index in [1.165, 1.54) is 0 Å². The number of amides is 2. The van der Waals surface area contributed by atoms with E-state index in [2.05, 4.69) is 5.32 Å². The molecule has 0 radical (unpaired) electrons. The molecule has 0 saturated carbocycles. The second kappa shape index (κ2) is 8.91. The van der Waals surface area contributed by atoms with E-state index in [0.717, 1.165) is 37.1 Å². The molecule has 0 aliphatic carbocycles. The van der Waals surface area contributed by atoms with E-state index < -0.39 is 6.10 Å². The van der Waals surface area contributed by atoms with Crippen LogP contribution in [0.15, 0.2) is 42.5 Å². The monoisotopic (exact) mass is 380 g/mol. The molecule has 1 atom stereocenters. The molecule has 1 saturated heterocycles. The Balaban J connectivity index is 1.75. The number of ether oxygens (including phenoxy) is 1. The van der Waals surface area contributed by atoms with Gasteiger partial charge in [0.1, 0.15) is 5.75 Å². The summed E-state index contributed by atoms with van der Waals surface area (Å²) in [5, 5.41) is 2.91. The Hall–Kier alpha value is -2.82. The standard InChI is InChI=1S/C23H28N2O3/c1-4-20(28-21-12-11-16(2)15-17(21)3)22(26)24-19-10-6-5-9-18(19)23(27)25-13-7-8-14-25/h5-6,9-12,15,20H,4,7-8,13-14H2,1-3H3,(H,24,26)/t20-/m1/s1. The lowest BCUT2D eigenvalue weighted by Crippen LogP contribution is -2.34. The van der Waals surface area contributed by atoms with Crippen LogP contribution >= 0.6 is 0 Å². The van der Waals surface area contributed by atoms with Crippen molar-refractivity contribution in [3.63, 3.8) is 0 Å². The van der Waals surface area contributed by atoms with Gasteiger partial charge in [-0.25, -0.2) is 0 Å². The van der Waals surface area contributed by atoms with E-state index in [9.17, 15) is 9.59 Å². The fourth-order valence-electron chi connectivity index (χ4n) is 3.49. The van der Waals surface area contributed by atoms with Crippen molar-refractivity contribution in [3.8, 4) is 5.75 Å². The number of carbonyl (C=O) groups excluding carboxylic acids is 2. The van der Waals surface area contributed by atoms with Crippen LogP contribution in [0.4, 0.5) is 5.69 Å². The van der Waals surface area contributed by atoms with Gasteiger partial charge in [-0.05, 0) is 56.9 Å². The number of hydrogen-bond donors (Lipinski definition) is 1. The summed E-state index contributed by atoms with van der Waals surface area (Å²) in [5.74, 6) is 0.426. The number of anilines is 1. The fraction of sp³-hybridized carbons (Fsp3) is 0.391. The van der Waals surface area contributed by atoms with Gasteiger partial charge in [-0.2, -0.15) is 0 Å². The highest BCUT2D eigenvalue weighted by atomic mass is 16.5. The molecule has 0 bridgehead atoms. The first-order valence-corrected chi connectivity index (χ1v) is 9.92. The molecule has 1 aliphatic heterocycles. The second-order valence-corrected chi connectivity index (χ2v) is 7.32. The Morgan fingerprint density at radius 2 is 1.82 bits per heavy atom. The number of rotatable bonds is 6. The highest BCUT2D eigenvalue weighted by Crippen LogP contribution is 2.23. The van der Waals surface area contributed by atoms with Crippen LogP contribution in [0.3, 0.4) is 0 Å². The van der Waals surface area contributed by atoms with E-state index >= 15 is 0 Å². The van der Waals surface area contributed by atoms with Crippen LogP contribution in [-0.2, 0) is 4.79 Å². The summed E-state index contributed by atoms with van der Waals surface area (Å²) in [7, 11) is 0. The maximum atomic E-state index is 12.9. The Morgan fingerprint density at radius 1 is 1.11 bits per heavy atom. The molecule has 148 valence electrons. The fourth-order valence-corrected chi connectivity index (χ4v) is 3.49. The molecule has 2 aromatic rings. The number of nitrogens with one attached hydrogen (secondary N) is 1. The highest BCUT2D eigenvalue weighted by Gasteiger charge is 2.24. The molecule has 5 heteroatoms. The van der Waals surface area contributed by atoms with Crippen molar-refractivity contribution in [1.82, 2.24) is 4.90 Å². The van der Waals surface area contributed by atoms with Crippen LogP contribution in [-0.4, -0.2) is 35.9 Å². The third-order valence-electron chi connectivity index (χ3n) is 5.07. The highest BCUT2D eigenvalue weighted by molar-refractivity contribution is 6.04. The van der Waals surface area contributed by atoms with E-state index in [1.54, 1.807) is 12.1 Å². The van der Waals surface area contributed by atoms with Gasteiger partial charge in [-0.15, -0.1) is 0 Å². The zero-order valence-corrected chi connectivity index (χ0v) is 16.8. The van der Waals surface area contributed by atoms with Crippen molar-refractivity contribution >= 4 is 17.5 Å². The Morgan fingerprint density at radius 3 is 2.50 bits per heavy atom. The van der Waals surface area contributed by atoms with E-state index in [1.807, 2.05) is 56.0 Å². The first-order chi connectivity index (χ1) is 13.5. The molecule has 0 unspecified atom stereocenters. The van der Waals surface area contributed by atoms with E-state index in [4.69, 9.17) is 4.74 Å². The van der Waals surface area contributed by atoms with Crippen molar-refractivity contribution in [2.24, 2.45) is 0 Å². The zero-order chi connectivity index (χ0) is 20.1. The number of benzene rings is 2. The predicted octanol–water partition coefficient (Wildman–Crippen LogP) is 4.34. The Bertz CT molecular complexity index is 857. The minimum absolute atomic E-state index is 0.0308. The lowest BCUT2D eigenvalue weighted by Gasteiger charge is -2.21. The van der Waals surface area contributed by atoms with Gasteiger partial charge < -0.3 is 15.0 Å². The van der Waals surface area contributed by atoms with Gasteiger partial charge in [-0.1, -0.05) is 36.8 Å². The maximum Gasteiger partial charge on any atom is 0.265 e.